The van der Waals surface area contributed by atoms with Gasteiger partial charge in [0, 0.05) is 5.56 Å². The molecule has 7 heteroatoms. The Labute approximate surface area is 189 Å². The number of para-hydroxylation sites is 1. The molecule has 2 N–H and O–H groups in total. The van der Waals surface area contributed by atoms with Gasteiger partial charge in [0.1, 0.15) is 17.2 Å². The Hall–Kier alpha value is -4.65. The third-order valence-electron chi connectivity index (χ3n) is 4.97. The molecule has 4 aromatic rings. The topological polar surface area (TPSA) is 97.2 Å². The molecule has 0 saturated carbocycles. The normalized spacial score (nSPS) is 10.8. The molecule has 7 nitrogen and oxygen atoms in total. The van der Waals surface area contributed by atoms with Gasteiger partial charge < -0.3 is 14.6 Å². The number of hydrazone groups is 1. The van der Waals surface area contributed by atoms with Crippen molar-refractivity contribution in [1.29, 1.82) is 0 Å². The molecule has 0 saturated heterocycles. The molecule has 164 valence electrons. The van der Waals surface area contributed by atoms with Crippen LogP contribution in [0.1, 0.15) is 26.3 Å². The number of rotatable bonds is 6. The maximum Gasteiger partial charge on any atom is 0.343 e. The van der Waals surface area contributed by atoms with Gasteiger partial charge in [0.05, 0.1) is 24.5 Å². The van der Waals surface area contributed by atoms with E-state index in [0.717, 1.165) is 10.8 Å². The van der Waals surface area contributed by atoms with Crippen molar-refractivity contribution in [2.45, 2.75) is 0 Å². The van der Waals surface area contributed by atoms with Crippen LogP contribution in [-0.4, -0.2) is 30.3 Å². The zero-order chi connectivity index (χ0) is 23.2. The van der Waals surface area contributed by atoms with Crippen LogP contribution in [0.4, 0.5) is 0 Å². The summed E-state index contributed by atoms with van der Waals surface area (Å²) in [5, 5.41) is 15.6. The van der Waals surface area contributed by atoms with Crippen molar-refractivity contribution in [3.05, 3.63) is 102 Å². The summed E-state index contributed by atoms with van der Waals surface area (Å²) >= 11 is 0. The molecule has 0 heterocycles. The number of methoxy groups -OCH3 is 1. The van der Waals surface area contributed by atoms with E-state index in [2.05, 4.69) is 10.5 Å². The van der Waals surface area contributed by atoms with Crippen LogP contribution in [0.5, 0.6) is 17.2 Å². The van der Waals surface area contributed by atoms with Gasteiger partial charge in [-0.15, -0.1) is 0 Å². The summed E-state index contributed by atoms with van der Waals surface area (Å²) < 4.78 is 10.8. The maximum absolute atomic E-state index is 12.7. The molecule has 0 fully saturated rings. The maximum atomic E-state index is 12.7. The lowest BCUT2D eigenvalue weighted by atomic mass is 10.0. The molecular weight excluding hydrogens is 420 g/mol. The quantitative estimate of drug-likeness (QED) is 0.199. The summed E-state index contributed by atoms with van der Waals surface area (Å²) in [5.74, 6) is -0.341. The third kappa shape index (κ3) is 4.83. The fraction of sp³-hybridized carbons (Fsp3) is 0.0385. The number of esters is 1. The molecule has 4 rings (SSSR count). The second kappa shape index (κ2) is 9.65. The molecule has 0 aliphatic heterocycles. The molecule has 0 radical (unpaired) electrons. The van der Waals surface area contributed by atoms with E-state index in [1.807, 2.05) is 30.3 Å². The molecule has 1 amide bonds. The van der Waals surface area contributed by atoms with Crippen LogP contribution < -0.4 is 14.9 Å². The number of nitrogens with one attached hydrogen (secondary N) is 1. The van der Waals surface area contributed by atoms with Gasteiger partial charge >= 0.3 is 5.97 Å². The van der Waals surface area contributed by atoms with Crippen molar-refractivity contribution in [1.82, 2.24) is 5.43 Å². The summed E-state index contributed by atoms with van der Waals surface area (Å²) in [5.41, 5.74) is 3.37. The zero-order valence-electron chi connectivity index (χ0n) is 17.7. The summed E-state index contributed by atoms with van der Waals surface area (Å²) in [4.78, 5) is 25.0. The number of nitrogens with zero attached hydrogens (tertiary/aromatic N) is 1. The molecule has 0 aromatic heterocycles. The first-order valence-corrected chi connectivity index (χ1v) is 10.1. The van der Waals surface area contributed by atoms with Gasteiger partial charge in [0.2, 0.25) is 0 Å². The number of phenolic OH excluding ortho intramolecular Hbond substituents is 1. The minimum absolute atomic E-state index is 0.0960. The average molecular weight is 440 g/mol. The summed E-state index contributed by atoms with van der Waals surface area (Å²) in [6.07, 6.45) is 1.41. The Morgan fingerprint density at radius 3 is 2.39 bits per heavy atom. The van der Waals surface area contributed by atoms with Crippen LogP contribution >= 0.6 is 0 Å². The minimum Gasteiger partial charge on any atom is -0.507 e. The number of hydrogen-bond donors (Lipinski definition) is 2. The van der Waals surface area contributed by atoms with Gasteiger partial charge in [-0.3, -0.25) is 4.79 Å². The van der Waals surface area contributed by atoms with Crippen LogP contribution in [0.15, 0.2) is 90.0 Å². The van der Waals surface area contributed by atoms with Gasteiger partial charge in [-0.25, -0.2) is 10.2 Å². The number of amides is 1. The van der Waals surface area contributed by atoms with E-state index >= 15 is 0 Å². The van der Waals surface area contributed by atoms with E-state index in [0.29, 0.717) is 16.9 Å². The smallest absolute Gasteiger partial charge is 0.343 e. The van der Waals surface area contributed by atoms with E-state index < -0.39 is 11.9 Å². The Morgan fingerprint density at radius 2 is 1.64 bits per heavy atom. The summed E-state index contributed by atoms with van der Waals surface area (Å²) in [6, 6.07) is 23.8. The van der Waals surface area contributed by atoms with Crippen LogP contribution in [-0.2, 0) is 0 Å². The highest BCUT2D eigenvalue weighted by atomic mass is 16.5. The van der Waals surface area contributed by atoms with Crippen molar-refractivity contribution in [3.63, 3.8) is 0 Å². The largest absolute Gasteiger partial charge is 0.507 e. The number of ether oxygens (including phenoxy) is 2. The number of aromatic hydroxyl groups is 1. The van der Waals surface area contributed by atoms with Crippen molar-refractivity contribution in [2.75, 3.05) is 7.11 Å². The van der Waals surface area contributed by atoms with Gasteiger partial charge in [-0.1, -0.05) is 42.5 Å². The van der Waals surface area contributed by atoms with Crippen LogP contribution in [0.25, 0.3) is 10.8 Å². The summed E-state index contributed by atoms with van der Waals surface area (Å²) in [6.45, 7) is 0. The van der Waals surface area contributed by atoms with E-state index in [1.54, 1.807) is 49.6 Å². The first-order valence-electron chi connectivity index (χ1n) is 10.1. The van der Waals surface area contributed by atoms with Gasteiger partial charge in [-0.2, -0.15) is 5.10 Å². The SMILES string of the molecule is COc1ccc(C(=O)Oc2ccc3ccccc3c2/C=N\NC(=O)c2ccccc2O)cc1. The molecular formula is C26H20N2O5. The number of phenols is 1. The van der Waals surface area contributed by atoms with E-state index in [9.17, 15) is 14.7 Å². The molecule has 0 aliphatic carbocycles. The zero-order valence-corrected chi connectivity index (χ0v) is 17.7. The monoisotopic (exact) mass is 440 g/mol. The fourth-order valence-corrected chi connectivity index (χ4v) is 3.26. The Morgan fingerprint density at radius 1 is 0.909 bits per heavy atom. The van der Waals surface area contributed by atoms with E-state index in [1.165, 1.54) is 18.3 Å². The highest BCUT2D eigenvalue weighted by molar-refractivity contribution is 6.04. The predicted octanol–water partition coefficient (Wildman–Crippen LogP) is 4.54. The van der Waals surface area contributed by atoms with Gasteiger partial charge in [0.25, 0.3) is 5.91 Å². The lowest BCUT2D eigenvalue weighted by Gasteiger charge is -2.11. The molecule has 33 heavy (non-hydrogen) atoms. The first-order chi connectivity index (χ1) is 16.1. The number of hydrogen-bond acceptors (Lipinski definition) is 6. The Bertz CT molecular complexity index is 1350. The highest BCUT2D eigenvalue weighted by Crippen LogP contribution is 2.27. The Kier molecular flexibility index (Phi) is 6.31. The van der Waals surface area contributed by atoms with Crippen LogP contribution in [0, 0.1) is 0 Å². The predicted molar refractivity (Wildman–Crippen MR) is 125 cm³/mol. The molecule has 0 atom stereocenters. The van der Waals surface area contributed by atoms with Crippen molar-refractivity contribution in [2.24, 2.45) is 5.10 Å². The van der Waals surface area contributed by atoms with Crippen molar-refractivity contribution < 1.29 is 24.2 Å². The number of carbonyl (C=O) groups excluding carboxylic acids is 2. The number of benzene rings is 4. The Balaban J connectivity index is 1.62. The molecule has 4 aromatic carbocycles. The molecule has 0 spiro atoms. The lowest BCUT2D eigenvalue weighted by Crippen LogP contribution is -2.18. The third-order valence-corrected chi connectivity index (χ3v) is 4.97. The lowest BCUT2D eigenvalue weighted by molar-refractivity contribution is 0.0734. The van der Waals surface area contributed by atoms with Crippen molar-refractivity contribution in [3.8, 4) is 17.2 Å². The molecule has 0 unspecified atom stereocenters. The minimum atomic E-state index is -0.568. The number of fused-ring (bicyclic) bond motifs is 1. The van der Waals surface area contributed by atoms with E-state index in [4.69, 9.17) is 9.47 Å². The van der Waals surface area contributed by atoms with Gasteiger partial charge in [-0.05, 0) is 53.2 Å². The second-order valence-corrected chi connectivity index (χ2v) is 7.03. The first kappa shape index (κ1) is 21.6. The highest BCUT2D eigenvalue weighted by Gasteiger charge is 2.14. The standard InChI is InChI=1S/C26H20N2O5/c1-32-19-13-10-18(11-14-19)26(31)33-24-15-12-17-6-2-3-7-20(17)22(24)16-27-28-25(30)21-8-4-5-9-23(21)29/h2-16,29H,1H3,(H,28,30)/b27-16-. The van der Waals surface area contributed by atoms with Crippen LogP contribution in [0.3, 0.4) is 0 Å². The average Bonchev–Trinajstić information content (AvgIpc) is 2.85. The van der Waals surface area contributed by atoms with Gasteiger partial charge in [0.15, 0.2) is 0 Å². The fourth-order valence-electron chi connectivity index (χ4n) is 3.26. The number of carbonyl (C=O) groups is 2. The second-order valence-electron chi connectivity index (χ2n) is 7.03. The van der Waals surface area contributed by atoms with Crippen molar-refractivity contribution >= 4 is 28.9 Å². The molecule has 0 bridgehead atoms. The van der Waals surface area contributed by atoms with E-state index in [-0.39, 0.29) is 17.1 Å². The summed E-state index contributed by atoms with van der Waals surface area (Å²) in [7, 11) is 1.55. The molecule has 0 aliphatic rings. The van der Waals surface area contributed by atoms with Crippen LogP contribution in [0.2, 0.25) is 0 Å².